The van der Waals surface area contributed by atoms with Crippen LogP contribution in [0.15, 0.2) is 0 Å². The van der Waals surface area contributed by atoms with Crippen LogP contribution in [-0.2, 0) is 0 Å². The summed E-state index contributed by atoms with van der Waals surface area (Å²) in [5, 5.41) is -0.257. The first-order valence-corrected chi connectivity index (χ1v) is 8.70. The molecule has 0 aliphatic heterocycles. The van der Waals surface area contributed by atoms with Gasteiger partial charge in [0.2, 0.25) is 0 Å². The van der Waals surface area contributed by atoms with Gasteiger partial charge in [0.1, 0.15) is 6.17 Å². The summed E-state index contributed by atoms with van der Waals surface area (Å²) in [5.74, 6) is 2.80. The Morgan fingerprint density at radius 2 is 1.58 bits per heavy atom. The van der Waals surface area contributed by atoms with Crippen molar-refractivity contribution >= 4 is 11.6 Å². The molecule has 0 aromatic rings. The Morgan fingerprint density at radius 3 is 2.21 bits per heavy atom. The van der Waals surface area contributed by atoms with Crippen molar-refractivity contribution in [2.75, 3.05) is 0 Å². The lowest BCUT2D eigenvalue weighted by Gasteiger charge is -2.40. The minimum atomic E-state index is -0.789. The summed E-state index contributed by atoms with van der Waals surface area (Å²) in [6.45, 7) is 6.68. The molecule has 0 heterocycles. The van der Waals surface area contributed by atoms with E-state index in [0.29, 0.717) is 11.8 Å². The minimum absolute atomic E-state index is 0.207. The molecular weight excluding hydrogens is 259 g/mol. The van der Waals surface area contributed by atoms with Gasteiger partial charge in [-0.1, -0.05) is 52.9 Å². The summed E-state index contributed by atoms with van der Waals surface area (Å²) in [4.78, 5) is 0. The monoisotopic (exact) mass is 288 g/mol. The van der Waals surface area contributed by atoms with Crippen molar-refractivity contribution in [3.8, 4) is 0 Å². The van der Waals surface area contributed by atoms with Crippen LogP contribution in [0.4, 0.5) is 4.39 Å². The molecule has 0 amide bonds. The standard InChI is InChI=1S/C17H30ClF/c1-11-4-6-14(7-5-11)8-9-15-12(2)10-13(3)16(18)17(15)19/h11-17H,4-10H2,1-3H3. The molecule has 0 radical (unpaired) electrons. The molecule has 0 saturated heterocycles. The van der Waals surface area contributed by atoms with Crippen molar-refractivity contribution in [1.82, 2.24) is 0 Å². The van der Waals surface area contributed by atoms with Gasteiger partial charge in [0, 0.05) is 0 Å². The van der Waals surface area contributed by atoms with Crippen LogP contribution in [0.5, 0.6) is 0 Å². The van der Waals surface area contributed by atoms with Gasteiger partial charge in [0.25, 0.3) is 0 Å². The molecule has 0 nitrogen and oxygen atoms in total. The van der Waals surface area contributed by atoms with Crippen LogP contribution in [0.1, 0.15) is 65.7 Å². The van der Waals surface area contributed by atoms with Crippen molar-refractivity contribution in [2.45, 2.75) is 77.3 Å². The number of alkyl halides is 2. The average Bonchev–Trinajstić information content (AvgIpc) is 2.38. The Balaban J connectivity index is 1.81. The first kappa shape index (κ1) is 15.6. The summed E-state index contributed by atoms with van der Waals surface area (Å²) in [6.07, 6.45) is 8.05. The van der Waals surface area contributed by atoms with Crippen LogP contribution in [0, 0.1) is 29.6 Å². The fraction of sp³-hybridized carbons (Fsp3) is 1.00. The van der Waals surface area contributed by atoms with Gasteiger partial charge < -0.3 is 0 Å². The largest absolute Gasteiger partial charge is 0.246 e. The van der Waals surface area contributed by atoms with Gasteiger partial charge in [-0.3, -0.25) is 0 Å². The van der Waals surface area contributed by atoms with E-state index >= 15 is 0 Å². The topological polar surface area (TPSA) is 0 Å². The summed E-state index contributed by atoms with van der Waals surface area (Å²) >= 11 is 6.24. The molecule has 2 rings (SSSR count). The van der Waals surface area contributed by atoms with Gasteiger partial charge in [-0.25, -0.2) is 4.39 Å². The zero-order chi connectivity index (χ0) is 14.0. The van der Waals surface area contributed by atoms with Crippen molar-refractivity contribution in [2.24, 2.45) is 29.6 Å². The second-order valence-electron chi connectivity index (χ2n) is 7.45. The first-order chi connectivity index (χ1) is 8.99. The average molecular weight is 289 g/mol. The van der Waals surface area contributed by atoms with Gasteiger partial charge in [-0.15, -0.1) is 11.6 Å². The van der Waals surface area contributed by atoms with Crippen LogP contribution in [0.3, 0.4) is 0 Å². The third kappa shape index (κ3) is 3.86. The Kier molecular flexibility index (Phi) is 5.57. The number of hydrogen-bond acceptors (Lipinski definition) is 0. The minimum Gasteiger partial charge on any atom is -0.246 e. The smallest absolute Gasteiger partial charge is 0.120 e. The number of hydrogen-bond donors (Lipinski definition) is 0. The van der Waals surface area contributed by atoms with Crippen molar-refractivity contribution in [3.63, 3.8) is 0 Å². The van der Waals surface area contributed by atoms with Crippen molar-refractivity contribution in [1.29, 1.82) is 0 Å². The van der Waals surface area contributed by atoms with E-state index in [1.165, 1.54) is 32.1 Å². The predicted octanol–water partition coefficient (Wildman–Crippen LogP) is 5.83. The molecule has 2 aliphatic carbocycles. The molecule has 0 aromatic heterocycles. The SMILES string of the molecule is CC1CCC(CCC2C(C)CC(C)C(Cl)C2F)CC1. The highest BCUT2D eigenvalue weighted by atomic mass is 35.5. The highest BCUT2D eigenvalue weighted by molar-refractivity contribution is 6.21. The highest BCUT2D eigenvalue weighted by Crippen LogP contribution is 2.42. The Hall–Kier alpha value is 0.220. The lowest BCUT2D eigenvalue weighted by Crippen LogP contribution is -2.41. The third-order valence-corrected chi connectivity index (χ3v) is 6.45. The van der Waals surface area contributed by atoms with E-state index in [9.17, 15) is 4.39 Å². The molecule has 0 spiro atoms. The van der Waals surface area contributed by atoms with Crippen molar-refractivity contribution in [3.05, 3.63) is 0 Å². The molecule has 0 bridgehead atoms. The van der Waals surface area contributed by atoms with Gasteiger partial charge >= 0.3 is 0 Å². The molecule has 2 aliphatic rings. The van der Waals surface area contributed by atoms with Crippen LogP contribution in [-0.4, -0.2) is 11.5 Å². The lowest BCUT2D eigenvalue weighted by atomic mass is 9.70. The molecule has 2 fully saturated rings. The quantitative estimate of drug-likeness (QED) is 0.573. The summed E-state index contributed by atoms with van der Waals surface area (Å²) < 4.78 is 14.4. The van der Waals surface area contributed by atoms with E-state index in [2.05, 4.69) is 20.8 Å². The van der Waals surface area contributed by atoms with E-state index in [1.807, 2.05) is 0 Å². The summed E-state index contributed by atoms with van der Waals surface area (Å²) in [7, 11) is 0. The number of rotatable bonds is 3. The fourth-order valence-corrected chi connectivity index (χ4v) is 4.53. The van der Waals surface area contributed by atoms with Gasteiger partial charge in [-0.2, -0.15) is 0 Å². The molecule has 112 valence electrons. The molecule has 5 atom stereocenters. The summed E-state index contributed by atoms with van der Waals surface area (Å²) in [5.41, 5.74) is 0. The van der Waals surface area contributed by atoms with Crippen molar-refractivity contribution < 1.29 is 4.39 Å². The third-order valence-electron chi connectivity index (χ3n) is 5.77. The molecule has 5 unspecified atom stereocenters. The van der Waals surface area contributed by atoms with Gasteiger partial charge in [0.15, 0.2) is 0 Å². The van der Waals surface area contributed by atoms with Gasteiger partial charge in [-0.05, 0) is 42.4 Å². The highest BCUT2D eigenvalue weighted by Gasteiger charge is 2.40. The summed E-state index contributed by atoms with van der Waals surface area (Å²) in [6, 6.07) is 0. The van der Waals surface area contributed by atoms with E-state index in [0.717, 1.165) is 24.7 Å². The predicted molar refractivity (Wildman–Crippen MR) is 81.3 cm³/mol. The maximum Gasteiger partial charge on any atom is 0.120 e. The Labute approximate surface area is 123 Å². The van der Waals surface area contributed by atoms with Crippen LogP contribution in [0.2, 0.25) is 0 Å². The van der Waals surface area contributed by atoms with Gasteiger partial charge in [0.05, 0.1) is 5.38 Å². The molecule has 0 aromatic carbocycles. The number of halogens is 2. The maximum absolute atomic E-state index is 14.4. The van der Waals surface area contributed by atoms with Crippen LogP contribution < -0.4 is 0 Å². The van der Waals surface area contributed by atoms with E-state index in [4.69, 9.17) is 11.6 Å². The lowest BCUT2D eigenvalue weighted by molar-refractivity contribution is 0.0753. The van der Waals surface area contributed by atoms with E-state index < -0.39 is 6.17 Å². The molecule has 2 heteroatoms. The zero-order valence-corrected chi connectivity index (χ0v) is 13.5. The van der Waals surface area contributed by atoms with Crippen LogP contribution in [0.25, 0.3) is 0 Å². The fourth-order valence-electron chi connectivity index (χ4n) is 4.24. The second kappa shape index (κ2) is 6.78. The Bertz CT molecular complexity index is 272. The molecular formula is C17H30ClF. The molecule has 19 heavy (non-hydrogen) atoms. The van der Waals surface area contributed by atoms with E-state index in [1.54, 1.807) is 0 Å². The maximum atomic E-state index is 14.4. The first-order valence-electron chi connectivity index (χ1n) is 8.27. The van der Waals surface area contributed by atoms with E-state index in [-0.39, 0.29) is 11.3 Å². The Morgan fingerprint density at radius 1 is 0.947 bits per heavy atom. The second-order valence-corrected chi connectivity index (χ2v) is 7.95. The zero-order valence-electron chi connectivity index (χ0n) is 12.7. The van der Waals surface area contributed by atoms with Crippen LogP contribution >= 0.6 is 11.6 Å². The molecule has 2 saturated carbocycles. The normalized spacial score (nSPS) is 48.2. The molecule has 0 N–H and O–H groups in total.